The summed E-state index contributed by atoms with van der Waals surface area (Å²) in [5.41, 5.74) is 1.53. The summed E-state index contributed by atoms with van der Waals surface area (Å²) in [6, 6.07) is 20.6. The molecule has 0 radical (unpaired) electrons. The Bertz CT molecular complexity index is 1350. The number of hydrogen-bond acceptors (Lipinski definition) is 4. The normalized spacial score (nSPS) is 16.0. The van der Waals surface area contributed by atoms with E-state index >= 15 is 0 Å². The van der Waals surface area contributed by atoms with E-state index in [9.17, 15) is 14.4 Å². The SMILES string of the molecule is CC(C)(C)C(=O)N1CCCC1C(=O)NC(Cc1ccc2ccccc2c1)C(=O)NCCCNCc1ccc(Cl)cc1. The van der Waals surface area contributed by atoms with Crippen LogP contribution in [0.15, 0.2) is 66.7 Å². The molecule has 0 aromatic heterocycles. The summed E-state index contributed by atoms with van der Waals surface area (Å²) in [5, 5.41) is 12.3. The topological polar surface area (TPSA) is 90.5 Å². The Morgan fingerprint density at radius 3 is 2.39 bits per heavy atom. The molecule has 1 aliphatic rings. The van der Waals surface area contributed by atoms with Crippen molar-refractivity contribution in [1.29, 1.82) is 0 Å². The van der Waals surface area contributed by atoms with Crippen molar-refractivity contribution in [1.82, 2.24) is 20.9 Å². The molecule has 3 N–H and O–H groups in total. The van der Waals surface area contributed by atoms with E-state index in [1.54, 1.807) is 4.90 Å². The summed E-state index contributed by atoms with van der Waals surface area (Å²) >= 11 is 5.95. The minimum atomic E-state index is -0.752. The Hall–Kier alpha value is -3.42. The van der Waals surface area contributed by atoms with Gasteiger partial charge in [-0.2, -0.15) is 0 Å². The second-order valence-corrected chi connectivity index (χ2v) is 12.2. The van der Waals surface area contributed by atoms with Crippen molar-refractivity contribution < 1.29 is 14.4 Å². The van der Waals surface area contributed by atoms with E-state index in [0.717, 1.165) is 47.8 Å². The summed E-state index contributed by atoms with van der Waals surface area (Å²) in [6.45, 7) is 8.08. The third-order valence-corrected chi connectivity index (χ3v) is 7.67. The highest BCUT2D eigenvalue weighted by atomic mass is 35.5. The molecule has 1 fully saturated rings. The van der Waals surface area contributed by atoms with Crippen molar-refractivity contribution in [3.63, 3.8) is 0 Å². The number of rotatable bonds is 11. The Morgan fingerprint density at radius 2 is 1.66 bits per heavy atom. The van der Waals surface area contributed by atoms with Crippen LogP contribution in [0.2, 0.25) is 5.02 Å². The predicted octanol–water partition coefficient (Wildman–Crippen LogP) is 4.85. The molecule has 0 aliphatic carbocycles. The highest BCUT2D eigenvalue weighted by Crippen LogP contribution is 2.26. The van der Waals surface area contributed by atoms with E-state index < -0.39 is 17.5 Å². The van der Waals surface area contributed by atoms with Crippen LogP contribution >= 0.6 is 11.6 Å². The second-order valence-electron chi connectivity index (χ2n) is 11.8. The van der Waals surface area contributed by atoms with Crippen LogP contribution in [0.4, 0.5) is 0 Å². The molecule has 2 unspecified atom stereocenters. The summed E-state index contributed by atoms with van der Waals surface area (Å²) in [4.78, 5) is 41.5. The van der Waals surface area contributed by atoms with E-state index in [-0.39, 0.29) is 17.7 Å². The van der Waals surface area contributed by atoms with Gasteiger partial charge in [-0.3, -0.25) is 14.4 Å². The van der Waals surface area contributed by atoms with Gasteiger partial charge < -0.3 is 20.9 Å². The van der Waals surface area contributed by atoms with E-state index in [4.69, 9.17) is 11.6 Å². The number of amides is 3. The standard InChI is InChI=1S/C33H41ClN4O3/c1-33(2,3)32(41)38-19-6-10-29(38)31(40)37-28(21-24-11-14-25-8-4-5-9-26(25)20-24)30(39)36-18-7-17-35-22-23-12-15-27(34)16-13-23/h4-5,8-9,11-16,20,28-29,35H,6-7,10,17-19,21-22H2,1-3H3,(H,36,39)(H,37,40). The maximum absolute atomic E-state index is 13.5. The lowest BCUT2D eigenvalue weighted by molar-refractivity contribution is -0.145. The number of carbonyl (C=O) groups is 3. The van der Waals surface area contributed by atoms with Gasteiger partial charge in [0.15, 0.2) is 0 Å². The van der Waals surface area contributed by atoms with Crippen LogP contribution in [0.5, 0.6) is 0 Å². The van der Waals surface area contributed by atoms with Gasteiger partial charge in [0, 0.05) is 36.5 Å². The van der Waals surface area contributed by atoms with Crippen LogP contribution in [-0.4, -0.2) is 54.3 Å². The van der Waals surface area contributed by atoms with Crippen LogP contribution in [0, 0.1) is 5.41 Å². The molecule has 3 aromatic rings. The zero-order valence-corrected chi connectivity index (χ0v) is 25.0. The molecule has 41 heavy (non-hydrogen) atoms. The van der Waals surface area contributed by atoms with Gasteiger partial charge >= 0.3 is 0 Å². The monoisotopic (exact) mass is 576 g/mol. The van der Waals surface area contributed by atoms with Crippen molar-refractivity contribution in [2.45, 2.75) is 65.1 Å². The van der Waals surface area contributed by atoms with Crippen LogP contribution < -0.4 is 16.0 Å². The van der Waals surface area contributed by atoms with Crippen molar-refractivity contribution >= 4 is 40.1 Å². The first-order valence-electron chi connectivity index (χ1n) is 14.4. The molecule has 3 amide bonds. The van der Waals surface area contributed by atoms with Gasteiger partial charge in [-0.25, -0.2) is 0 Å². The average Bonchev–Trinajstić information content (AvgIpc) is 3.44. The van der Waals surface area contributed by atoms with Crippen LogP contribution in [0.1, 0.15) is 51.2 Å². The Labute approximate surface area is 248 Å². The molecule has 1 saturated heterocycles. The molecular weight excluding hydrogens is 536 g/mol. The average molecular weight is 577 g/mol. The number of fused-ring (bicyclic) bond motifs is 1. The van der Waals surface area contributed by atoms with Gasteiger partial charge in [-0.05, 0) is 59.8 Å². The third kappa shape index (κ3) is 8.54. The molecule has 3 aromatic carbocycles. The lowest BCUT2D eigenvalue weighted by Gasteiger charge is -2.31. The van der Waals surface area contributed by atoms with Crippen LogP contribution in [0.25, 0.3) is 10.8 Å². The Kier molecular flexibility index (Phi) is 10.4. The van der Waals surface area contributed by atoms with E-state index in [1.807, 2.05) is 81.4 Å². The van der Waals surface area contributed by atoms with Gasteiger partial charge in [0.1, 0.15) is 12.1 Å². The number of benzene rings is 3. The Balaban J connectivity index is 1.38. The van der Waals surface area contributed by atoms with Crippen molar-refractivity contribution in [3.8, 4) is 0 Å². The van der Waals surface area contributed by atoms with Gasteiger partial charge in [-0.15, -0.1) is 0 Å². The smallest absolute Gasteiger partial charge is 0.243 e. The molecule has 1 aliphatic heterocycles. The van der Waals surface area contributed by atoms with Gasteiger partial charge in [0.05, 0.1) is 0 Å². The minimum Gasteiger partial charge on any atom is -0.354 e. The van der Waals surface area contributed by atoms with E-state index in [1.165, 1.54) is 0 Å². The first kappa shape index (κ1) is 30.5. The molecule has 2 atom stereocenters. The summed E-state index contributed by atoms with van der Waals surface area (Å²) in [6.07, 6.45) is 2.46. The van der Waals surface area contributed by atoms with Gasteiger partial charge in [0.2, 0.25) is 17.7 Å². The number of halogens is 1. The molecule has 1 heterocycles. The highest BCUT2D eigenvalue weighted by Gasteiger charge is 2.39. The van der Waals surface area contributed by atoms with E-state index in [0.29, 0.717) is 31.0 Å². The Morgan fingerprint density at radius 1 is 0.951 bits per heavy atom. The molecule has 0 spiro atoms. The summed E-state index contributed by atoms with van der Waals surface area (Å²) < 4.78 is 0. The van der Waals surface area contributed by atoms with Crippen LogP contribution in [-0.2, 0) is 27.3 Å². The number of likely N-dealkylation sites (tertiary alicyclic amines) is 1. The van der Waals surface area contributed by atoms with Crippen molar-refractivity contribution in [3.05, 3.63) is 82.9 Å². The molecule has 0 bridgehead atoms. The summed E-state index contributed by atoms with van der Waals surface area (Å²) in [5.74, 6) is -0.543. The third-order valence-electron chi connectivity index (χ3n) is 7.42. The van der Waals surface area contributed by atoms with Crippen molar-refractivity contribution in [2.24, 2.45) is 5.41 Å². The minimum absolute atomic E-state index is 0.0446. The maximum atomic E-state index is 13.5. The largest absolute Gasteiger partial charge is 0.354 e. The molecule has 8 heteroatoms. The lowest BCUT2D eigenvalue weighted by atomic mass is 9.94. The molecule has 218 valence electrons. The summed E-state index contributed by atoms with van der Waals surface area (Å²) in [7, 11) is 0. The number of nitrogens with one attached hydrogen (secondary N) is 3. The molecule has 0 saturated carbocycles. The maximum Gasteiger partial charge on any atom is 0.243 e. The molecule has 7 nitrogen and oxygen atoms in total. The quantitative estimate of drug-likeness (QED) is 0.285. The lowest BCUT2D eigenvalue weighted by Crippen LogP contribution is -2.55. The molecule has 4 rings (SSSR count). The predicted molar refractivity (Wildman–Crippen MR) is 165 cm³/mol. The van der Waals surface area contributed by atoms with E-state index in [2.05, 4.69) is 22.0 Å². The van der Waals surface area contributed by atoms with Crippen molar-refractivity contribution in [2.75, 3.05) is 19.6 Å². The fourth-order valence-electron chi connectivity index (χ4n) is 5.17. The zero-order valence-electron chi connectivity index (χ0n) is 24.2. The second kappa shape index (κ2) is 14.0. The fourth-order valence-corrected chi connectivity index (χ4v) is 5.30. The van der Waals surface area contributed by atoms with Gasteiger partial charge in [-0.1, -0.05) is 87.0 Å². The molecular formula is C33H41ClN4O3. The first-order chi connectivity index (χ1) is 19.6. The first-order valence-corrected chi connectivity index (χ1v) is 14.8. The fraction of sp³-hybridized carbons (Fsp3) is 0.424. The number of hydrogen-bond donors (Lipinski definition) is 3. The van der Waals surface area contributed by atoms with Crippen LogP contribution in [0.3, 0.4) is 0 Å². The number of carbonyl (C=O) groups excluding carboxylic acids is 3. The zero-order chi connectivity index (χ0) is 29.4. The highest BCUT2D eigenvalue weighted by molar-refractivity contribution is 6.30. The number of nitrogens with zero attached hydrogens (tertiary/aromatic N) is 1. The van der Waals surface area contributed by atoms with Gasteiger partial charge in [0.25, 0.3) is 0 Å².